The van der Waals surface area contributed by atoms with Gasteiger partial charge in [0.2, 0.25) is 17.8 Å². The number of hydrogen-bond donors (Lipinski definition) is 2. The Labute approximate surface area is 183 Å². The van der Waals surface area contributed by atoms with Crippen LogP contribution in [0.1, 0.15) is 45.1 Å². The van der Waals surface area contributed by atoms with Gasteiger partial charge < -0.3 is 19.8 Å². The molecule has 2 fully saturated rings. The molecule has 0 amide bonds. The lowest BCUT2D eigenvalue weighted by Gasteiger charge is -2.21. The Balaban J connectivity index is 1.51. The zero-order chi connectivity index (χ0) is 21.6. The molecule has 9 nitrogen and oxygen atoms in total. The Morgan fingerprint density at radius 3 is 2.06 bits per heavy atom. The molecular formula is C22H32N8O. The standard InChI is InChI=1S/C22H32N8O/c1-3-28(4-2)18-10-9-17(19(31)15-18)16-23-27-20-24-21(29-11-5-6-12-29)26-22(25-20)30-13-7-8-14-30/h9-10,15-16,31H,3-8,11-14H2,1-2H3,(H,24,25,26,27)/b23-16+. The summed E-state index contributed by atoms with van der Waals surface area (Å²) in [5.41, 5.74) is 4.57. The Kier molecular flexibility index (Phi) is 6.69. The third-order valence-corrected chi connectivity index (χ3v) is 5.90. The van der Waals surface area contributed by atoms with Crippen molar-refractivity contribution in [3.63, 3.8) is 0 Å². The molecular weight excluding hydrogens is 392 g/mol. The van der Waals surface area contributed by atoms with Crippen molar-refractivity contribution in [2.45, 2.75) is 39.5 Å². The first kappa shape index (κ1) is 21.1. The Morgan fingerprint density at radius 1 is 0.968 bits per heavy atom. The first-order valence-corrected chi connectivity index (χ1v) is 11.3. The summed E-state index contributed by atoms with van der Waals surface area (Å²) in [7, 11) is 0. The van der Waals surface area contributed by atoms with Crippen LogP contribution in [0.25, 0.3) is 0 Å². The van der Waals surface area contributed by atoms with E-state index in [1.807, 2.05) is 12.1 Å². The highest BCUT2D eigenvalue weighted by molar-refractivity contribution is 5.84. The van der Waals surface area contributed by atoms with Crippen molar-refractivity contribution >= 4 is 29.7 Å². The monoisotopic (exact) mass is 424 g/mol. The van der Waals surface area contributed by atoms with E-state index >= 15 is 0 Å². The lowest BCUT2D eigenvalue weighted by molar-refractivity contribution is 0.474. The molecule has 0 unspecified atom stereocenters. The molecule has 1 aromatic heterocycles. The van der Waals surface area contributed by atoms with E-state index in [0.29, 0.717) is 23.4 Å². The van der Waals surface area contributed by atoms with Crippen LogP contribution in [-0.2, 0) is 0 Å². The number of phenols is 1. The smallest absolute Gasteiger partial charge is 0.250 e. The van der Waals surface area contributed by atoms with Crippen molar-refractivity contribution in [2.75, 3.05) is 59.4 Å². The second-order valence-corrected chi connectivity index (χ2v) is 7.93. The van der Waals surface area contributed by atoms with Gasteiger partial charge >= 0.3 is 0 Å². The van der Waals surface area contributed by atoms with Gasteiger partial charge in [0.1, 0.15) is 5.75 Å². The number of phenolic OH excluding ortho intramolecular Hbond substituents is 1. The van der Waals surface area contributed by atoms with Crippen LogP contribution in [-0.4, -0.2) is 65.5 Å². The van der Waals surface area contributed by atoms with Crippen molar-refractivity contribution in [2.24, 2.45) is 5.10 Å². The maximum absolute atomic E-state index is 10.4. The molecule has 2 N–H and O–H groups in total. The van der Waals surface area contributed by atoms with Crippen molar-refractivity contribution < 1.29 is 5.11 Å². The van der Waals surface area contributed by atoms with Crippen LogP contribution in [0.5, 0.6) is 5.75 Å². The van der Waals surface area contributed by atoms with E-state index in [9.17, 15) is 5.11 Å². The molecule has 0 atom stereocenters. The molecule has 3 heterocycles. The van der Waals surface area contributed by atoms with Crippen molar-refractivity contribution in [3.8, 4) is 5.75 Å². The molecule has 2 aliphatic rings. The number of nitrogens with zero attached hydrogens (tertiary/aromatic N) is 7. The fraction of sp³-hybridized carbons (Fsp3) is 0.545. The quantitative estimate of drug-likeness (QED) is 0.493. The van der Waals surface area contributed by atoms with Crippen molar-refractivity contribution in [1.82, 2.24) is 15.0 Å². The molecule has 0 saturated carbocycles. The van der Waals surface area contributed by atoms with Crippen LogP contribution in [0, 0.1) is 0 Å². The zero-order valence-corrected chi connectivity index (χ0v) is 18.5. The Morgan fingerprint density at radius 2 is 1.55 bits per heavy atom. The number of hydrogen-bond acceptors (Lipinski definition) is 9. The number of aromatic nitrogens is 3. The van der Waals surface area contributed by atoms with Gasteiger partial charge in [-0.25, -0.2) is 5.43 Å². The van der Waals surface area contributed by atoms with Crippen molar-refractivity contribution in [3.05, 3.63) is 23.8 Å². The molecule has 0 aliphatic carbocycles. The highest BCUT2D eigenvalue weighted by Crippen LogP contribution is 2.25. The van der Waals surface area contributed by atoms with Crippen LogP contribution in [0.3, 0.4) is 0 Å². The number of hydrazone groups is 1. The number of nitrogens with one attached hydrogen (secondary N) is 1. The minimum Gasteiger partial charge on any atom is -0.507 e. The summed E-state index contributed by atoms with van der Waals surface area (Å²) in [6.07, 6.45) is 6.24. The van der Waals surface area contributed by atoms with Crippen LogP contribution >= 0.6 is 0 Å². The van der Waals surface area contributed by atoms with Crippen molar-refractivity contribution in [1.29, 1.82) is 0 Å². The van der Waals surface area contributed by atoms with E-state index in [4.69, 9.17) is 4.98 Å². The summed E-state index contributed by atoms with van der Waals surface area (Å²) >= 11 is 0. The topological polar surface area (TPSA) is 93.0 Å². The average Bonchev–Trinajstić information content (AvgIpc) is 3.50. The molecule has 2 saturated heterocycles. The maximum Gasteiger partial charge on any atom is 0.250 e. The summed E-state index contributed by atoms with van der Waals surface area (Å²) in [4.78, 5) is 20.5. The van der Waals surface area contributed by atoms with E-state index in [0.717, 1.165) is 70.6 Å². The molecule has 1 aromatic carbocycles. The van der Waals surface area contributed by atoms with Gasteiger partial charge in [-0.15, -0.1) is 0 Å². The maximum atomic E-state index is 10.4. The molecule has 9 heteroatoms. The molecule has 2 aliphatic heterocycles. The van der Waals surface area contributed by atoms with Crippen LogP contribution < -0.4 is 20.1 Å². The Hall–Kier alpha value is -3.10. The van der Waals surface area contributed by atoms with E-state index in [1.54, 1.807) is 12.3 Å². The van der Waals surface area contributed by atoms with E-state index in [-0.39, 0.29) is 5.75 Å². The summed E-state index contributed by atoms with van der Waals surface area (Å²) in [5, 5.41) is 14.7. The first-order chi connectivity index (χ1) is 15.2. The third-order valence-electron chi connectivity index (χ3n) is 5.90. The van der Waals surface area contributed by atoms with Gasteiger partial charge in [0, 0.05) is 56.6 Å². The highest BCUT2D eigenvalue weighted by atomic mass is 16.3. The SMILES string of the molecule is CCN(CC)c1ccc(/C=N/Nc2nc(N3CCCC3)nc(N3CCCC3)n2)c(O)c1. The van der Waals surface area contributed by atoms with Gasteiger partial charge in [0.15, 0.2) is 0 Å². The van der Waals surface area contributed by atoms with Gasteiger partial charge in [-0.3, -0.25) is 0 Å². The fourth-order valence-corrected chi connectivity index (χ4v) is 4.11. The minimum absolute atomic E-state index is 0.195. The second-order valence-electron chi connectivity index (χ2n) is 7.93. The number of aromatic hydroxyl groups is 1. The number of anilines is 4. The van der Waals surface area contributed by atoms with E-state index in [1.165, 1.54) is 0 Å². The van der Waals surface area contributed by atoms with Gasteiger partial charge in [-0.1, -0.05) is 0 Å². The molecule has 31 heavy (non-hydrogen) atoms. The van der Waals surface area contributed by atoms with Crippen LogP contribution in [0.4, 0.5) is 23.5 Å². The van der Waals surface area contributed by atoms with Gasteiger partial charge in [0.05, 0.1) is 6.21 Å². The van der Waals surface area contributed by atoms with E-state index < -0.39 is 0 Å². The summed E-state index contributed by atoms with van der Waals surface area (Å²) in [6, 6.07) is 5.63. The third kappa shape index (κ3) is 4.98. The largest absolute Gasteiger partial charge is 0.507 e. The fourth-order valence-electron chi connectivity index (χ4n) is 4.11. The molecule has 0 spiro atoms. The number of rotatable bonds is 8. The lowest BCUT2D eigenvalue weighted by atomic mass is 10.2. The Bertz CT molecular complexity index is 868. The van der Waals surface area contributed by atoms with E-state index in [2.05, 4.69) is 49.0 Å². The highest BCUT2D eigenvalue weighted by Gasteiger charge is 2.21. The average molecular weight is 425 g/mol. The molecule has 166 valence electrons. The molecule has 4 rings (SSSR count). The summed E-state index contributed by atoms with van der Waals surface area (Å²) < 4.78 is 0. The minimum atomic E-state index is 0.195. The molecule has 0 radical (unpaired) electrons. The van der Waals surface area contributed by atoms with Crippen LogP contribution in [0.2, 0.25) is 0 Å². The number of benzene rings is 1. The predicted molar refractivity (Wildman–Crippen MR) is 126 cm³/mol. The van der Waals surface area contributed by atoms with Crippen LogP contribution in [0.15, 0.2) is 23.3 Å². The zero-order valence-electron chi connectivity index (χ0n) is 18.5. The van der Waals surface area contributed by atoms with Gasteiger partial charge in [-0.05, 0) is 51.7 Å². The lowest BCUT2D eigenvalue weighted by Crippen LogP contribution is -2.25. The first-order valence-electron chi connectivity index (χ1n) is 11.3. The normalized spacial score (nSPS) is 16.5. The molecule has 0 bridgehead atoms. The predicted octanol–water partition coefficient (Wildman–Crippen LogP) is 3.07. The summed E-state index contributed by atoms with van der Waals surface area (Å²) in [6.45, 7) is 9.87. The summed E-state index contributed by atoms with van der Waals surface area (Å²) in [5.74, 6) is 2.03. The second kappa shape index (κ2) is 9.80. The molecule has 2 aromatic rings. The van der Waals surface area contributed by atoms with Gasteiger partial charge in [-0.2, -0.15) is 20.1 Å². The van der Waals surface area contributed by atoms with Gasteiger partial charge in [0.25, 0.3) is 0 Å².